The summed E-state index contributed by atoms with van der Waals surface area (Å²) in [5.41, 5.74) is 5.70. The van der Waals surface area contributed by atoms with Crippen LogP contribution in [0.5, 0.6) is 0 Å². The monoisotopic (exact) mass is 282 g/mol. The summed E-state index contributed by atoms with van der Waals surface area (Å²) in [6.45, 7) is 4.30. The maximum absolute atomic E-state index is 11.5. The van der Waals surface area contributed by atoms with E-state index in [-0.39, 0.29) is 30.7 Å². The van der Waals surface area contributed by atoms with E-state index in [0.717, 1.165) is 19.3 Å². The second-order valence-electron chi connectivity index (χ2n) is 4.28. The Balaban J connectivity index is 0. The molecule has 0 bridgehead atoms. The lowest BCUT2D eigenvalue weighted by Crippen LogP contribution is -2.44. The number of allylic oxidation sites excluding steroid dienone is 1. The molecular formula is C12H24Cl2N2O. The molecule has 0 heterocycles. The molecule has 1 amide bonds. The number of hydrogen-bond acceptors (Lipinski definition) is 2. The lowest BCUT2D eigenvalue weighted by molar-refractivity contribution is -0.122. The van der Waals surface area contributed by atoms with E-state index in [0.29, 0.717) is 24.9 Å². The zero-order valence-corrected chi connectivity index (χ0v) is 11.8. The zero-order chi connectivity index (χ0) is 11.1. The Bertz CT molecular complexity index is 225. The maximum atomic E-state index is 11.5. The first-order chi connectivity index (χ1) is 7.27. The fraction of sp³-hybridized carbons (Fsp3) is 0.750. The van der Waals surface area contributed by atoms with Gasteiger partial charge in [-0.3, -0.25) is 4.79 Å². The standard InChI is InChI=1S/C12H22N2O.2ClH/c1-2-3-8-12(15)14-11-7-5-4-6-10(11)9-13;;/h2,10-11H,1,3-9,13H2,(H,14,15);2*1H. The summed E-state index contributed by atoms with van der Waals surface area (Å²) in [6.07, 6.45) is 7.79. The molecule has 3 N–H and O–H groups in total. The number of hydrogen-bond donors (Lipinski definition) is 2. The fourth-order valence-corrected chi connectivity index (χ4v) is 2.19. The van der Waals surface area contributed by atoms with Gasteiger partial charge in [-0.15, -0.1) is 31.4 Å². The fourth-order valence-electron chi connectivity index (χ4n) is 2.19. The van der Waals surface area contributed by atoms with Gasteiger partial charge < -0.3 is 11.1 Å². The van der Waals surface area contributed by atoms with Gasteiger partial charge in [0.2, 0.25) is 5.91 Å². The molecule has 3 nitrogen and oxygen atoms in total. The van der Waals surface area contributed by atoms with Crippen molar-refractivity contribution in [1.82, 2.24) is 5.32 Å². The highest BCUT2D eigenvalue weighted by Gasteiger charge is 2.24. The molecule has 5 heteroatoms. The van der Waals surface area contributed by atoms with E-state index in [1.807, 2.05) is 0 Å². The van der Waals surface area contributed by atoms with Crippen LogP contribution in [0.2, 0.25) is 0 Å². The van der Waals surface area contributed by atoms with E-state index in [9.17, 15) is 4.79 Å². The molecule has 1 fully saturated rings. The van der Waals surface area contributed by atoms with Gasteiger partial charge in [0.1, 0.15) is 0 Å². The Morgan fingerprint density at radius 1 is 1.35 bits per heavy atom. The molecule has 0 saturated heterocycles. The van der Waals surface area contributed by atoms with Gasteiger partial charge in [0.15, 0.2) is 0 Å². The predicted molar refractivity (Wildman–Crippen MR) is 76.9 cm³/mol. The average molecular weight is 283 g/mol. The van der Waals surface area contributed by atoms with Gasteiger partial charge in [-0.1, -0.05) is 18.9 Å². The number of rotatable bonds is 5. The van der Waals surface area contributed by atoms with Crippen LogP contribution in [0.25, 0.3) is 0 Å². The first-order valence-electron chi connectivity index (χ1n) is 5.88. The number of amides is 1. The SMILES string of the molecule is C=CCCC(=O)NC1CCCCC1CN.Cl.Cl. The van der Waals surface area contributed by atoms with Crippen molar-refractivity contribution in [2.45, 2.75) is 44.6 Å². The third-order valence-electron chi connectivity index (χ3n) is 3.13. The molecule has 1 saturated carbocycles. The summed E-state index contributed by atoms with van der Waals surface area (Å²) in [7, 11) is 0. The van der Waals surface area contributed by atoms with Crippen LogP contribution in [0, 0.1) is 5.92 Å². The number of nitrogens with two attached hydrogens (primary N) is 1. The predicted octanol–water partition coefficient (Wildman–Crippen LogP) is 2.43. The van der Waals surface area contributed by atoms with Gasteiger partial charge in [-0.05, 0) is 31.7 Å². The second-order valence-corrected chi connectivity index (χ2v) is 4.28. The highest BCUT2D eigenvalue weighted by Crippen LogP contribution is 2.23. The van der Waals surface area contributed by atoms with Crippen LogP contribution in [0.1, 0.15) is 38.5 Å². The molecule has 102 valence electrons. The van der Waals surface area contributed by atoms with Crippen LogP contribution >= 0.6 is 24.8 Å². The van der Waals surface area contributed by atoms with Crippen LogP contribution in [0.4, 0.5) is 0 Å². The Kier molecular flexibility index (Phi) is 12.2. The molecule has 1 aliphatic rings. The van der Waals surface area contributed by atoms with E-state index in [2.05, 4.69) is 11.9 Å². The van der Waals surface area contributed by atoms with Crippen molar-refractivity contribution in [2.24, 2.45) is 11.7 Å². The Morgan fingerprint density at radius 3 is 2.59 bits per heavy atom. The molecule has 0 aromatic heterocycles. The van der Waals surface area contributed by atoms with Crippen molar-refractivity contribution >= 4 is 30.7 Å². The minimum absolute atomic E-state index is 0. The molecule has 2 atom stereocenters. The number of carbonyl (C=O) groups excluding carboxylic acids is 1. The molecule has 17 heavy (non-hydrogen) atoms. The largest absolute Gasteiger partial charge is 0.353 e. The van der Waals surface area contributed by atoms with Crippen molar-refractivity contribution < 1.29 is 4.79 Å². The zero-order valence-electron chi connectivity index (χ0n) is 10.2. The van der Waals surface area contributed by atoms with Gasteiger partial charge in [-0.25, -0.2) is 0 Å². The van der Waals surface area contributed by atoms with Crippen LogP contribution < -0.4 is 11.1 Å². The van der Waals surface area contributed by atoms with Gasteiger partial charge >= 0.3 is 0 Å². The van der Waals surface area contributed by atoms with Gasteiger partial charge in [0.05, 0.1) is 0 Å². The second kappa shape index (κ2) is 10.9. The molecule has 2 unspecified atom stereocenters. The Morgan fingerprint density at radius 2 is 2.00 bits per heavy atom. The highest BCUT2D eigenvalue weighted by atomic mass is 35.5. The summed E-state index contributed by atoms with van der Waals surface area (Å²) in [5, 5.41) is 3.09. The molecule has 1 rings (SSSR count). The van der Waals surface area contributed by atoms with Crippen LogP contribution in [-0.2, 0) is 4.79 Å². The Labute approximate surface area is 116 Å². The summed E-state index contributed by atoms with van der Waals surface area (Å²) >= 11 is 0. The van der Waals surface area contributed by atoms with Crippen LogP contribution in [0.3, 0.4) is 0 Å². The number of halogens is 2. The topological polar surface area (TPSA) is 55.1 Å². The average Bonchev–Trinajstić information content (AvgIpc) is 2.27. The van der Waals surface area contributed by atoms with Gasteiger partial charge in [0, 0.05) is 12.5 Å². The molecule has 0 radical (unpaired) electrons. The molecule has 0 aromatic carbocycles. The molecule has 1 aliphatic carbocycles. The smallest absolute Gasteiger partial charge is 0.220 e. The van der Waals surface area contributed by atoms with E-state index in [1.165, 1.54) is 12.8 Å². The first-order valence-corrected chi connectivity index (χ1v) is 5.88. The summed E-state index contributed by atoms with van der Waals surface area (Å²) < 4.78 is 0. The normalized spacial score (nSPS) is 22.9. The van der Waals surface area contributed by atoms with Crippen LogP contribution in [-0.4, -0.2) is 18.5 Å². The van der Waals surface area contributed by atoms with Crippen LogP contribution in [0.15, 0.2) is 12.7 Å². The molecule has 0 aromatic rings. The number of carbonyl (C=O) groups is 1. The summed E-state index contributed by atoms with van der Waals surface area (Å²) in [4.78, 5) is 11.5. The lowest BCUT2D eigenvalue weighted by atomic mass is 9.84. The minimum Gasteiger partial charge on any atom is -0.353 e. The number of nitrogens with one attached hydrogen (secondary N) is 1. The van der Waals surface area contributed by atoms with E-state index in [4.69, 9.17) is 5.73 Å². The summed E-state index contributed by atoms with van der Waals surface area (Å²) in [6, 6.07) is 0.307. The third kappa shape index (κ3) is 6.92. The minimum atomic E-state index is 0. The highest BCUT2D eigenvalue weighted by molar-refractivity contribution is 5.85. The quantitative estimate of drug-likeness (QED) is 0.761. The van der Waals surface area contributed by atoms with Gasteiger partial charge in [0.25, 0.3) is 0 Å². The van der Waals surface area contributed by atoms with E-state index >= 15 is 0 Å². The van der Waals surface area contributed by atoms with Crippen molar-refractivity contribution in [3.8, 4) is 0 Å². The van der Waals surface area contributed by atoms with E-state index < -0.39 is 0 Å². The molecule has 0 spiro atoms. The van der Waals surface area contributed by atoms with Crippen molar-refractivity contribution in [3.63, 3.8) is 0 Å². The molecular weight excluding hydrogens is 259 g/mol. The van der Waals surface area contributed by atoms with Crippen molar-refractivity contribution in [1.29, 1.82) is 0 Å². The van der Waals surface area contributed by atoms with Gasteiger partial charge in [-0.2, -0.15) is 0 Å². The lowest BCUT2D eigenvalue weighted by Gasteiger charge is -2.31. The molecule has 0 aliphatic heterocycles. The maximum Gasteiger partial charge on any atom is 0.220 e. The Hall–Kier alpha value is -0.250. The first kappa shape index (κ1) is 19.1. The van der Waals surface area contributed by atoms with Crippen molar-refractivity contribution in [3.05, 3.63) is 12.7 Å². The summed E-state index contributed by atoms with van der Waals surface area (Å²) in [5.74, 6) is 0.617. The van der Waals surface area contributed by atoms with Crippen molar-refractivity contribution in [2.75, 3.05) is 6.54 Å². The third-order valence-corrected chi connectivity index (χ3v) is 3.13. The van der Waals surface area contributed by atoms with E-state index in [1.54, 1.807) is 6.08 Å².